The van der Waals surface area contributed by atoms with E-state index in [2.05, 4.69) is 4.90 Å². The Morgan fingerprint density at radius 3 is 2.45 bits per heavy atom. The normalized spacial score (nSPS) is 22.0. The Balaban J connectivity index is 2.11. The zero-order valence-electron chi connectivity index (χ0n) is 12.5. The Morgan fingerprint density at radius 2 is 1.91 bits per heavy atom. The molecule has 0 saturated carbocycles. The number of aliphatic hydroxyl groups excluding tert-OH is 1. The maximum absolute atomic E-state index is 12.5. The summed E-state index contributed by atoms with van der Waals surface area (Å²) in [5.74, 6) is -3.40. The second kappa shape index (κ2) is 7.02. The highest BCUT2D eigenvalue weighted by Crippen LogP contribution is 2.23. The molecule has 0 aromatic heterocycles. The Kier molecular flexibility index (Phi) is 5.52. The number of nitrogens with zero attached hydrogens (tertiary/aromatic N) is 1. The van der Waals surface area contributed by atoms with E-state index in [1.807, 2.05) is 0 Å². The third-order valence-electron chi connectivity index (χ3n) is 4.09. The molecule has 2 unspecified atom stereocenters. The number of halogens is 2. The van der Waals surface area contributed by atoms with Gasteiger partial charge in [0.15, 0.2) is 0 Å². The van der Waals surface area contributed by atoms with Crippen molar-refractivity contribution in [2.75, 3.05) is 6.54 Å². The van der Waals surface area contributed by atoms with E-state index >= 15 is 0 Å². The molecule has 1 heterocycles. The number of rotatable bonds is 5. The molecule has 1 aliphatic heterocycles. The molecule has 0 spiro atoms. The number of likely N-dealkylation sites (tertiary alicyclic amines) is 1. The van der Waals surface area contributed by atoms with Gasteiger partial charge in [-0.3, -0.25) is 4.90 Å². The number of hydrogen-bond donors (Lipinski definition) is 1. The van der Waals surface area contributed by atoms with Gasteiger partial charge in [0, 0.05) is 12.6 Å². The second-order valence-corrected chi connectivity index (χ2v) is 7.64. The van der Waals surface area contributed by atoms with Crippen molar-refractivity contribution in [3.05, 3.63) is 29.8 Å². The van der Waals surface area contributed by atoms with Crippen LogP contribution in [0.3, 0.4) is 0 Å². The zero-order valence-corrected chi connectivity index (χ0v) is 13.3. The van der Waals surface area contributed by atoms with E-state index in [-0.39, 0.29) is 10.9 Å². The first kappa shape index (κ1) is 17.3. The van der Waals surface area contributed by atoms with Crippen LogP contribution in [0.1, 0.15) is 31.7 Å². The molecule has 0 radical (unpaired) electrons. The highest BCUT2D eigenvalue weighted by molar-refractivity contribution is 7.91. The Labute approximate surface area is 129 Å². The third kappa shape index (κ3) is 3.83. The predicted molar refractivity (Wildman–Crippen MR) is 79.4 cm³/mol. The Hall–Kier alpha value is -1.05. The predicted octanol–water partition coefficient (Wildman–Crippen LogP) is 2.42. The molecule has 1 N–H and O–H groups in total. The van der Waals surface area contributed by atoms with E-state index in [0.717, 1.165) is 31.4 Å². The molecule has 4 nitrogen and oxygen atoms in total. The largest absolute Gasteiger partial charge is 0.392 e. The third-order valence-corrected chi connectivity index (χ3v) is 5.49. The van der Waals surface area contributed by atoms with Crippen LogP contribution >= 0.6 is 0 Å². The Morgan fingerprint density at radius 1 is 1.27 bits per heavy atom. The molecule has 1 saturated heterocycles. The van der Waals surface area contributed by atoms with Crippen molar-refractivity contribution >= 4 is 9.84 Å². The number of aliphatic hydroxyl groups is 1. The van der Waals surface area contributed by atoms with E-state index in [1.54, 1.807) is 19.1 Å². The highest BCUT2D eigenvalue weighted by atomic mass is 32.2. The van der Waals surface area contributed by atoms with Crippen LogP contribution in [0, 0.1) is 0 Å². The van der Waals surface area contributed by atoms with Crippen molar-refractivity contribution in [3.63, 3.8) is 0 Å². The van der Waals surface area contributed by atoms with Crippen molar-refractivity contribution in [2.24, 2.45) is 0 Å². The van der Waals surface area contributed by atoms with Crippen LogP contribution in [0.25, 0.3) is 0 Å². The number of hydrogen-bond acceptors (Lipinski definition) is 4. The maximum Gasteiger partial charge on any atom is 0.341 e. The molecular weight excluding hydrogens is 312 g/mol. The molecule has 1 aromatic rings. The fourth-order valence-electron chi connectivity index (χ4n) is 2.88. The summed E-state index contributed by atoms with van der Waals surface area (Å²) in [6.45, 7) is 3.21. The SMILES string of the molecule is CC(O)C1CCCCN1Cc1ccc(S(=O)(=O)C(F)F)cc1. The topological polar surface area (TPSA) is 57.6 Å². The van der Waals surface area contributed by atoms with Gasteiger partial charge in [-0.25, -0.2) is 8.42 Å². The van der Waals surface area contributed by atoms with E-state index in [0.29, 0.717) is 6.54 Å². The number of benzene rings is 1. The molecule has 0 amide bonds. The quantitative estimate of drug-likeness (QED) is 0.899. The minimum Gasteiger partial charge on any atom is -0.392 e. The van der Waals surface area contributed by atoms with Gasteiger partial charge >= 0.3 is 5.76 Å². The molecule has 0 bridgehead atoms. The van der Waals surface area contributed by atoms with Gasteiger partial charge in [0.25, 0.3) is 0 Å². The van der Waals surface area contributed by atoms with Crippen LogP contribution in [-0.2, 0) is 16.4 Å². The second-order valence-electron chi connectivity index (χ2n) is 5.72. The fourth-order valence-corrected chi connectivity index (χ4v) is 3.60. The van der Waals surface area contributed by atoms with E-state index in [9.17, 15) is 22.3 Å². The van der Waals surface area contributed by atoms with Crippen molar-refractivity contribution in [2.45, 2.75) is 55.5 Å². The lowest BCUT2D eigenvalue weighted by Gasteiger charge is -2.37. The van der Waals surface area contributed by atoms with Crippen LogP contribution in [0.4, 0.5) is 8.78 Å². The smallest absolute Gasteiger partial charge is 0.341 e. The van der Waals surface area contributed by atoms with Gasteiger partial charge in [-0.05, 0) is 44.0 Å². The average molecular weight is 333 g/mol. The van der Waals surface area contributed by atoms with Crippen molar-refractivity contribution in [3.8, 4) is 0 Å². The standard InChI is InChI=1S/C15H21F2NO3S/c1-11(19)14-4-2-3-9-18(14)10-12-5-7-13(8-6-12)22(20,21)15(16)17/h5-8,11,14-15,19H,2-4,9-10H2,1H3. The van der Waals surface area contributed by atoms with Gasteiger partial charge in [-0.15, -0.1) is 0 Å². The first-order valence-corrected chi connectivity index (χ1v) is 8.90. The maximum atomic E-state index is 12.5. The first-order chi connectivity index (χ1) is 10.3. The first-order valence-electron chi connectivity index (χ1n) is 7.35. The summed E-state index contributed by atoms with van der Waals surface area (Å²) in [7, 11) is -4.54. The summed E-state index contributed by atoms with van der Waals surface area (Å²) in [5.41, 5.74) is 0.848. The van der Waals surface area contributed by atoms with Crippen LogP contribution in [0.2, 0.25) is 0 Å². The summed E-state index contributed by atoms with van der Waals surface area (Å²) < 4.78 is 47.7. The van der Waals surface area contributed by atoms with Gasteiger partial charge < -0.3 is 5.11 Å². The van der Waals surface area contributed by atoms with Crippen molar-refractivity contribution in [1.29, 1.82) is 0 Å². The Bertz CT molecular complexity index is 587. The molecule has 1 aromatic carbocycles. The molecule has 124 valence electrons. The molecule has 2 rings (SSSR count). The van der Waals surface area contributed by atoms with Gasteiger partial charge in [0.05, 0.1) is 11.0 Å². The molecule has 1 aliphatic rings. The lowest BCUT2D eigenvalue weighted by atomic mass is 9.97. The van der Waals surface area contributed by atoms with Gasteiger partial charge in [-0.2, -0.15) is 8.78 Å². The number of alkyl halides is 2. The fraction of sp³-hybridized carbons (Fsp3) is 0.600. The molecule has 1 fully saturated rings. The van der Waals surface area contributed by atoms with E-state index in [1.165, 1.54) is 12.1 Å². The minimum absolute atomic E-state index is 0.0817. The number of sulfone groups is 1. The molecule has 2 atom stereocenters. The highest BCUT2D eigenvalue weighted by Gasteiger charge is 2.28. The summed E-state index contributed by atoms with van der Waals surface area (Å²) >= 11 is 0. The van der Waals surface area contributed by atoms with E-state index < -0.39 is 21.7 Å². The van der Waals surface area contributed by atoms with Gasteiger partial charge in [0.1, 0.15) is 0 Å². The van der Waals surface area contributed by atoms with Gasteiger partial charge in [0.2, 0.25) is 9.84 Å². The molecule has 22 heavy (non-hydrogen) atoms. The zero-order chi connectivity index (χ0) is 16.3. The van der Waals surface area contributed by atoms with Crippen molar-refractivity contribution in [1.82, 2.24) is 4.90 Å². The van der Waals surface area contributed by atoms with Crippen LogP contribution in [-0.4, -0.2) is 42.9 Å². The average Bonchev–Trinajstić information content (AvgIpc) is 2.48. The lowest BCUT2D eigenvalue weighted by Crippen LogP contribution is -2.45. The number of piperidine rings is 1. The van der Waals surface area contributed by atoms with Gasteiger partial charge in [-0.1, -0.05) is 18.6 Å². The van der Waals surface area contributed by atoms with Crippen LogP contribution in [0.5, 0.6) is 0 Å². The summed E-state index contributed by atoms with van der Waals surface area (Å²) in [6.07, 6.45) is 2.63. The minimum atomic E-state index is -4.54. The van der Waals surface area contributed by atoms with Crippen LogP contribution in [0.15, 0.2) is 29.2 Å². The van der Waals surface area contributed by atoms with Crippen molar-refractivity contribution < 1.29 is 22.3 Å². The lowest BCUT2D eigenvalue weighted by molar-refractivity contribution is 0.0316. The molecule has 7 heteroatoms. The summed E-state index contributed by atoms with van der Waals surface area (Å²) in [5, 5.41) is 9.83. The monoisotopic (exact) mass is 333 g/mol. The molecular formula is C15H21F2NO3S. The summed E-state index contributed by atoms with van der Waals surface area (Å²) in [6, 6.07) is 5.64. The van der Waals surface area contributed by atoms with E-state index in [4.69, 9.17) is 0 Å². The molecule has 0 aliphatic carbocycles. The summed E-state index contributed by atoms with van der Waals surface area (Å²) in [4.78, 5) is 1.79. The van der Waals surface area contributed by atoms with Crippen LogP contribution < -0.4 is 0 Å².